The predicted octanol–water partition coefficient (Wildman–Crippen LogP) is 2.77. The molecule has 0 heterocycles. The van der Waals surface area contributed by atoms with Crippen LogP contribution in [0, 0.1) is 0 Å². The van der Waals surface area contributed by atoms with E-state index in [-0.39, 0.29) is 5.91 Å². The van der Waals surface area contributed by atoms with E-state index in [0.29, 0.717) is 0 Å². The fraction of sp³-hybridized carbons (Fsp3) is 0.583. The smallest absolute Gasteiger partial charge is 0.246 e. The summed E-state index contributed by atoms with van der Waals surface area (Å²) in [6.45, 7) is 2.19. The number of amides is 1. The van der Waals surface area contributed by atoms with Gasteiger partial charge in [-0.25, -0.2) is 0 Å². The van der Waals surface area contributed by atoms with Crippen molar-refractivity contribution in [1.82, 2.24) is 4.90 Å². The van der Waals surface area contributed by atoms with Gasteiger partial charge in [0.05, 0.1) is 0 Å². The van der Waals surface area contributed by atoms with Crippen LogP contribution in [0.4, 0.5) is 0 Å². The van der Waals surface area contributed by atoms with Crippen molar-refractivity contribution in [3.63, 3.8) is 0 Å². The van der Waals surface area contributed by atoms with Crippen LogP contribution in [0.2, 0.25) is 0 Å². The molecule has 0 N–H and O–H groups in total. The van der Waals surface area contributed by atoms with Gasteiger partial charge in [-0.2, -0.15) is 0 Å². The Morgan fingerprint density at radius 1 is 1.21 bits per heavy atom. The Balaban J connectivity index is 3.55. The zero-order valence-corrected chi connectivity index (χ0v) is 9.49. The topological polar surface area (TPSA) is 20.3 Å². The van der Waals surface area contributed by atoms with E-state index in [1.165, 1.54) is 19.3 Å². The highest BCUT2D eigenvalue weighted by Crippen LogP contribution is 1.99. The number of likely N-dealkylation sites (N-methyl/N-ethyl adjacent to an activating group) is 1. The summed E-state index contributed by atoms with van der Waals surface area (Å²) in [4.78, 5) is 12.6. The summed E-state index contributed by atoms with van der Waals surface area (Å²) >= 11 is 0. The van der Waals surface area contributed by atoms with Crippen molar-refractivity contribution in [2.75, 3.05) is 14.1 Å². The van der Waals surface area contributed by atoms with Crippen LogP contribution in [0.3, 0.4) is 0 Å². The molecule has 0 aromatic rings. The summed E-state index contributed by atoms with van der Waals surface area (Å²) in [7, 11) is 3.50. The van der Waals surface area contributed by atoms with Gasteiger partial charge in [0, 0.05) is 20.2 Å². The second-order valence-electron chi connectivity index (χ2n) is 3.52. The van der Waals surface area contributed by atoms with Crippen molar-refractivity contribution in [3.05, 3.63) is 24.3 Å². The van der Waals surface area contributed by atoms with E-state index in [2.05, 4.69) is 13.0 Å². The van der Waals surface area contributed by atoms with Crippen LogP contribution in [0.15, 0.2) is 24.3 Å². The van der Waals surface area contributed by atoms with Crippen LogP contribution in [0.1, 0.15) is 32.6 Å². The predicted molar refractivity (Wildman–Crippen MR) is 61.1 cm³/mol. The molecule has 0 aliphatic carbocycles. The number of nitrogens with zero attached hydrogens (tertiary/aromatic N) is 1. The Morgan fingerprint density at radius 3 is 2.50 bits per heavy atom. The van der Waals surface area contributed by atoms with Crippen molar-refractivity contribution in [1.29, 1.82) is 0 Å². The highest BCUT2D eigenvalue weighted by atomic mass is 16.2. The van der Waals surface area contributed by atoms with E-state index < -0.39 is 0 Å². The SMILES string of the molecule is CCCCCC=CC=CC(=O)N(C)C. The molecule has 0 rings (SSSR count). The normalized spacial score (nSPS) is 11.4. The second-order valence-corrected chi connectivity index (χ2v) is 3.52. The molecule has 0 saturated heterocycles. The van der Waals surface area contributed by atoms with Crippen LogP contribution < -0.4 is 0 Å². The molecule has 0 aliphatic heterocycles. The minimum atomic E-state index is 0.0307. The molecule has 14 heavy (non-hydrogen) atoms. The standard InChI is InChI=1S/C12H21NO/c1-4-5-6-7-8-9-10-11-12(14)13(2)3/h8-11H,4-7H2,1-3H3. The molecule has 0 atom stereocenters. The molecule has 2 heteroatoms. The zero-order valence-electron chi connectivity index (χ0n) is 9.49. The van der Waals surface area contributed by atoms with Gasteiger partial charge in [-0.15, -0.1) is 0 Å². The molecule has 1 amide bonds. The molecule has 0 saturated carbocycles. The quantitative estimate of drug-likeness (QED) is 0.362. The van der Waals surface area contributed by atoms with Gasteiger partial charge in [-0.05, 0) is 12.8 Å². The summed E-state index contributed by atoms with van der Waals surface area (Å²) in [5.74, 6) is 0.0307. The van der Waals surface area contributed by atoms with E-state index in [1.54, 1.807) is 31.1 Å². The summed E-state index contributed by atoms with van der Waals surface area (Å²) in [5, 5.41) is 0. The molecular weight excluding hydrogens is 174 g/mol. The Morgan fingerprint density at radius 2 is 1.93 bits per heavy atom. The third-order valence-electron chi connectivity index (χ3n) is 1.90. The lowest BCUT2D eigenvalue weighted by atomic mass is 10.2. The Labute approximate surface area is 87.3 Å². The summed E-state index contributed by atoms with van der Waals surface area (Å²) in [6, 6.07) is 0. The van der Waals surface area contributed by atoms with Crippen LogP contribution >= 0.6 is 0 Å². The zero-order chi connectivity index (χ0) is 10.8. The third kappa shape index (κ3) is 7.59. The van der Waals surface area contributed by atoms with Gasteiger partial charge in [0.2, 0.25) is 5.91 Å². The third-order valence-corrected chi connectivity index (χ3v) is 1.90. The largest absolute Gasteiger partial charge is 0.345 e. The van der Waals surface area contributed by atoms with Crippen LogP contribution in [0.5, 0.6) is 0 Å². The molecule has 80 valence electrons. The first-order valence-corrected chi connectivity index (χ1v) is 5.23. The lowest BCUT2D eigenvalue weighted by molar-refractivity contribution is -0.123. The highest BCUT2D eigenvalue weighted by Gasteiger charge is 1.93. The van der Waals surface area contributed by atoms with Gasteiger partial charge in [-0.3, -0.25) is 4.79 Å². The number of unbranched alkanes of at least 4 members (excludes halogenated alkanes) is 3. The number of carbonyl (C=O) groups is 1. The molecule has 0 aliphatic rings. The van der Waals surface area contributed by atoms with Crippen molar-refractivity contribution in [2.24, 2.45) is 0 Å². The van der Waals surface area contributed by atoms with Crippen LogP contribution in [0.25, 0.3) is 0 Å². The maximum absolute atomic E-state index is 11.1. The van der Waals surface area contributed by atoms with Crippen molar-refractivity contribution >= 4 is 5.91 Å². The second kappa shape index (κ2) is 8.54. The van der Waals surface area contributed by atoms with Crippen molar-refractivity contribution in [3.8, 4) is 0 Å². The lowest BCUT2D eigenvalue weighted by Gasteiger charge is -2.04. The Hall–Kier alpha value is -1.05. The van der Waals surface area contributed by atoms with Gasteiger partial charge in [-0.1, -0.05) is 38.0 Å². The molecule has 0 radical (unpaired) electrons. The van der Waals surface area contributed by atoms with E-state index in [0.717, 1.165) is 6.42 Å². The fourth-order valence-electron chi connectivity index (χ4n) is 0.974. The Kier molecular flexibility index (Phi) is 7.90. The van der Waals surface area contributed by atoms with Crippen molar-refractivity contribution in [2.45, 2.75) is 32.6 Å². The van der Waals surface area contributed by atoms with Gasteiger partial charge < -0.3 is 4.90 Å². The van der Waals surface area contributed by atoms with Gasteiger partial charge >= 0.3 is 0 Å². The van der Waals surface area contributed by atoms with E-state index in [1.807, 2.05) is 6.08 Å². The average Bonchev–Trinajstić information content (AvgIpc) is 2.16. The van der Waals surface area contributed by atoms with Gasteiger partial charge in [0.1, 0.15) is 0 Å². The molecule has 2 nitrogen and oxygen atoms in total. The number of allylic oxidation sites excluding steroid dienone is 3. The average molecular weight is 195 g/mol. The number of rotatable bonds is 6. The van der Waals surface area contributed by atoms with Crippen LogP contribution in [-0.4, -0.2) is 24.9 Å². The lowest BCUT2D eigenvalue weighted by Crippen LogP contribution is -2.18. The van der Waals surface area contributed by atoms with Gasteiger partial charge in [0.25, 0.3) is 0 Å². The molecule has 0 aromatic heterocycles. The summed E-state index contributed by atoms with van der Waals surface area (Å²) in [6.07, 6.45) is 12.3. The number of hydrogen-bond acceptors (Lipinski definition) is 1. The summed E-state index contributed by atoms with van der Waals surface area (Å²) in [5.41, 5.74) is 0. The van der Waals surface area contributed by atoms with Gasteiger partial charge in [0.15, 0.2) is 0 Å². The van der Waals surface area contributed by atoms with Crippen LogP contribution in [-0.2, 0) is 4.79 Å². The minimum absolute atomic E-state index is 0.0307. The first-order valence-electron chi connectivity index (χ1n) is 5.23. The van der Waals surface area contributed by atoms with E-state index >= 15 is 0 Å². The molecule has 0 fully saturated rings. The monoisotopic (exact) mass is 195 g/mol. The highest BCUT2D eigenvalue weighted by molar-refractivity contribution is 5.87. The number of carbonyl (C=O) groups excluding carboxylic acids is 1. The molecular formula is C12H21NO. The summed E-state index contributed by atoms with van der Waals surface area (Å²) < 4.78 is 0. The molecule has 0 unspecified atom stereocenters. The van der Waals surface area contributed by atoms with Crippen molar-refractivity contribution < 1.29 is 4.79 Å². The van der Waals surface area contributed by atoms with E-state index in [4.69, 9.17) is 0 Å². The molecule has 0 bridgehead atoms. The fourth-order valence-corrected chi connectivity index (χ4v) is 0.974. The Bertz CT molecular complexity index is 204. The molecule has 0 spiro atoms. The maximum atomic E-state index is 11.1. The van der Waals surface area contributed by atoms with E-state index in [9.17, 15) is 4.79 Å². The first kappa shape index (κ1) is 12.9. The first-order chi connectivity index (χ1) is 6.68. The minimum Gasteiger partial charge on any atom is -0.345 e. The maximum Gasteiger partial charge on any atom is 0.246 e. The number of hydrogen-bond donors (Lipinski definition) is 0. The molecule has 0 aromatic carbocycles.